The molecule has 1 N–H and O–H groups in total. The number of aliphatic carboxylic acids is 1. The fourth-order valence-electron chi connectivity index (χ4n) is 2.83. The van der Waals surface area contributed by atoms with Gasteiger partial charge in [0.1, 0.15) is 6.54 Å². The van der Waals surface area contributed by atoms with Crippen molar-refractivity contribution >= 4 is 12.0 Å². The third kappa shape index (κ3) is 5.09. The summed E-state index contributed by atoms with van der Waals surface area (Å²) in [4.78, 5) is 26.6. The van der Waals surface area contributed by atoms with Gasteiger partial charge in [-0.15, -0.1) is 0 Å². The Morgan fingerprint density at radius 3 is 2.21 bits per heavy atom. The van der Waals surface area contributed by atoms with Gasteiger partial charge in [0.15, 0.2) is 0 Å². The highest BCUT2D eigenvalue weighted by Gasteiger charge is 2.29. The van der Waals surface area contributed by atoms with Crippen LogP contribution in [0.5, 0.6) is 0 Å². The Bertz CT molecular complexity index is 321. The van der Waals surface area contributed by atoms with E-state index in [2.05, 4.69) is 13.8 Å². The summed E-state index contributed by atoms with van der Waals surface area (Å²) in [7, 11) is 0. The molecule has 2 unspecified atom stereocenters. The normalized spacial score (nSPS) is 23.5. The van der Waals surface area contributed by atoms with E-state index in [0.717, 1.165) is 19.5 Å². The molecule has 0 aromatic heterocycles. The molecular formula is C14H26N2O3. The van der Waals surface area contributed by atoms with Crippen LogP contribution in [0.4, 0.5) is 4.79 Å². The molecule has 0 radical (unpaired) electrons. The van der Waals surface area contributed by atoms with Gasteiger partial charge in [-0.25, -0.2) is 4.79 Å². The Kier molecular flexibility index (Phi) is 5.63. The van der Waals surface area contributed by atoms with Gasteiger partial charge < -0.3 is 14.9 Å². The molecule has 19 heavy (non-hydrogen) atoms. The molecule has 5 heteroatoms. The summed E-state index contributed by atoms with van der Waals surface area (Å²) in [5, 5.41) is 8.94. The number of urea groups is 1. The van der Waals surface area contributed by atoms with Gasteiger partial charge in [-0.2, -0.15) is 0 Å². The molecule has 0 aliphatic carbocycles. The number of rotatable bonds is 4. The fraction of sp³-hybridized carbons (Fsp3) is 0.857. The van der Waals surface area contributed by atoms with Gasteiger partial charge in [0.2, 0.25) is 0 Å². The van der Waals surface area contributed by atoms with Crippen molar-refractivity contribution in [2.75, 3.05) is 26.2 Å². The number of piperidine rings is 1. The van der Waals surface area contributed by atoms with Crippen molar-refractivity contribution in [3.05, 3.63) is 0 Å². The molecular weight excluding hydrogens is 244 g/mol. The van der Waals surface area contributed by atoms with E-state index in [-0.39, 0.29) is 18.5 Å². The highest BCUT2D eigenvalue weighted by molar-refractivity contribution is 5.80. The van der Waals surface area contributed by atoms with Crippen LogP contribution in [0, 0.1) is 17.8 Å². The van der Waals surface area contributed by atoms with Crippen LogP contribution in [0.2, 0.25) is 0 Å². The molecule has 1 fully saturated rings. The first-order valence-electron chi connectivity index (χ1n) is 7.05. The lowest BCUT2D eigenvalue weighted by Crippen LogP contribution is -2.51. The second-order valence-electron chi connectivity index (χ2n) is 6.30. The van der Waals surface area contributed by atoms with Gasteiger partial charge >= 0.3 is 12.0 Å². The van der Waals surface area contributed by atoms with Crippen LogP contribution >= 0.6 is 0 Å². The minimum absolute atomic E-state index is 0.130. The molecule has 0 saturated carbocycles. The first-order chi connectivity index (χ1) is 8.79. The monoisotopic (exact) mass is 270 g/mol. The Morgan fingerprint density at radius 1 is 1.26 bits per heavy atom. The fourth-order valence-corrected chi connectivity index (χ4v) is 2.83. The molecule has 2 amide bonds. The maximum atomic E-state index is 12.4. The van der Waals surface area contributed by atoms with Crippen molar-refractivity contribution < 1.29 is 14.7 Å². The van der Waals surface area contributed by atoms with Crippen molar-refractivity contribution in [2.24, 2.45) is 17.8 Å². The Hall–Kier alpha value is -1.26. The predicted octanol–water partition coefficient (Wildman–Crippen LogP) is 2.13. The highest BCUT2D eigenvalue weighted by Crippen LogP contribution is 2.22. The lowest BCUT2D eigenvalue weighted by atomic mass is 9.92. The molecule has 0 aromatic rings. The molecule has 1 aliphatic rings. The van der Waals surface area contributed by atoms with Crippen LogP contribution in [0.1, 0.15) is 34.1 Å². The smallest absolute Gasteiger partial charge is 0.323 e. The van der Waals surface area contributed by atoms with E-state index in [1.807, 2.05) is 18.7 Å². The van der Waals surface area contributed by atoms with Gasteiger partial charge in [0, 0.05) is 19.6 Å². The summed E-state index contributed by atoms with van der Waals surface area (Å²) >= 11 is 0. The van der Waals surface area contributed by atoms with Crippen molar-refractivity contribution in [3.63, 3.8) is 0 Å². The Morgan fingerprint density at radius 2 is 1.79 bits per heavy atom. The lowest BCUT2D eigenvalue weighted by molar-refractivity contribution is -0.137. The number of carbonyl (C=O) groups is 2. The Balaban J connectivity index is 2.71. The molecule has 1 heterocycles. The average Bonchev–Trinajstić information content (AvgIpc) is 2.24. The zero-order valence-corrected chi connectivity index (χ0v) is 12.4. The van der Waals surface area contributed by atoms with Crippen LogP contribution in [-0.4, -0.2) is 53.1 Å². The first-order valence-corrected chi connectivity index (χ1v) is 7.05. The second-order valence-corrected chi connectivity index (χ2v) is 6.30. The highest BCUT2D eigenvalue weighted by atomic mass is 16.4. The summed E-state index contributed by atoms with van der Waals surface area (Å²) in [6.07, 6.45) is 1.13. The second kappa shape index (κ2) is 6.78. The third-order valence-electron chi connectivity index (χ3n) is 3.32. The molecule has 2 atom stereocenters. The maximum absolute atomic E-state index is 12.4. The summed E-state index contributed by atoms with van der Waals surface area (Å²) < 4.78 is 0. The molecule has 5 nitrogen and oxygen atoms in total. The standard InChI is InChI=1S/C14H26N2O3/c1-10(2)6-15(9-13(17)18)14(19)16-7-11(3)5-12(4)8-16/h10-12H,5-9H2,1-4H3,(H,17,18). The van der Waals surface area contributed by atoms with Crippen molar-refractivity contribution in [1.82, 2.24) is 9.80 Å². The summed E-state index contributed by atoms with van der Waals surface area (Å²) in [5.74, 6) is 0.284. The topological polar surface area (TPSA) is 60.9 Å². The molecule has 110 valence electrons. The van der Waals surface area contributed by atoms with Gasteiger partial charge in [-0.05, 0) is 24.2 Å². The summed E-state index contributed by atoms with van der Waals surface area (Å²) in [5.41, 5.74) is 0. The van der Waals surface area contributed by atoms with Gasteiger partial charge in [-0.3, -0.25) is 4.79 Å². The van der Waals surface area contributed by atoms with Crippen LogP contribution in [0.15, 0.2) is 0 Å². The molecule has 0 aromatic carbocycles. The number of amides is 2. The van der Waals surface area contributed by atoms with E-state index in [1.165, 1.54) is 4.90 Å². The average molecular weight is 270 g/mol. The SMILES string of the molecule is CC(C)CN(CC(=O)O)C(=O)N1CC(C)CC(C)C1. The van der Waals surface area contributed by atoms with E-state index in [4.69, 9.17) is 5.11 Å². The van der Waals surface area contributed by atoms with E-state index in [9.17, 15) is 9.59 Å². The number of hydrogen-bond acceptors (Lipinski definition) is 2. The molecule has 1 saturated heterocycles. The maximum Gasteiger partial charge on any atom is 0.323 e. The number of carbonyl (C=O) groups excluding carboxylic acids is 1. The van der Waals surface area contributed by atoms with Gasteiger partial charge in [-0.1, -0.05) is 27.7 Å². The van der Waals surface area contributed by atoms with Crippen molar-refractivity contribution in [3.8, 4) is 0 Å². The van der Waals surface area contributed by atoms with E-state index < -0.39 is 5.97 Å². The lowest BCUT2D eigenvalue weighted by Gasteiger charge is -2.38. The third-order valence-corrected chi connectivity index (χ3v) is 3.32. The first kappa shape index (κ1) is 15.8. The van der Waals surface area contributed by atoms with Crippen LogP contribution in [0.3, 0.4) is 0 Å². The summed E-state index contributed by atoms with van der Waals surface area (Å²) in [6.45, 7) is 10.0. The quantitative estimate of drug-likeness (QED) is 0.851. The number of hydrogen-bond donors (Lipinski definition) is 1. The van der Waals surface area contributed by atoms with E-state index in [0.29, 0.717) is 18.4 Å². The minimum Gasteiger partial charge on any atom is -0.480 e. The van der Waals surface area contributed by atoms with Crippen LogP contribution in [0.25, 0.3) is 0 Å². The van der Waals surface area contributed by atoms with Gasteiger partial charge in [0.25, 0.3) is 0 Å². The summed E-state index contributed by atoms with van der Waals surface area (Å²) in [6, 6.07) is -0.130. The molecule has 0 spiro atoms. The van der Waals surface area contributed by atoms with Crippen LogP contribution in [-0.2, 0) is 4.79 Å². The zero-order valence-electron chi connectivity index (χ0n) is 12.4. The predicted molar refractivity (Wildman–Crippen MR) is 74.0 cm³/mol. The zero-order chi connectivity index (χ0) is 14.6. The van der Waals surface area contributed by atoms with Crippen molar-refractivity contribution in [1.29, 1.82) is 0 Å². The van der Waals surface area contributed by atoms with E-state index >= 15 is 0 Å². The molecule has 1 rings (SSSR count). The van der Waals surface area contributed by atoms with Crippen LogP contribution < -0.4 is 0 Å². The largest absolute Gasteiger partial charge is 0.480 e. The number of likely N-dealkylation sites (tertiary alicyclic amines) is 1. The Labute approximate surface area is 115 Å². The van der Waals surface area contributed by atoms with E-state index in [1.54, 1.807) is 0 Å². The van der Waals surface area contributed by atoms with Crippen molar-refractivity contribution in [2.45, 2.75) is 34.1 Å². The minimum atomic E-state index is -0.952. The number of nitrogens with zero attached hydrogens (tertiary/aromatic N) is 2. The molecule has 1 aliphatic heterocycles. The number of carboxylic acids is 1. The van der Waals surface area contributed by atoms with Gasteiger partial charge in [0.05, 0.1) is 0 Å². The number of carboxylic acid groups (broad SMARTS) is 1. The molecule has 0 bridgehead atoms.